The standard InChI is InChI=1S/C16H14FNO2/c1-10(11-4-2-5-12(17)8-11)20-15-7-3-6-13-14(15)9-18-16(13)19/h2-8,10H,9H2,1H3,(H,18,19). The van der Waals surface area contributed by atoms with Gasteiger partial charge in [-0.1, -0.05) is 18.2 Å². The molecule has 2 aromatic carbocycles. The molecule has 1 unspecified atom stereocenters. The lowest BCUT2D eigenvalue weighted by atomic mass is 10.1. The number of hydrogen-bond acceptors (Lipinski definition) is 2. The Hall–Kier alpha value is -2.36. The highest BCUT2D eigenvalue weighted by Crippen LogP contribution is 2.30. The van der Waals surface area contributed by atoms with Crippen molar-refractivity contribution in [2.24, 2.45) is 0 Å². The van der Waals surface area contributed by atoms with Gasteiger partial charge in [-0.2, -0.15) is 0 Å². The summed E-state index contributed by atoms with van der Waals surface area (Å²) in [4.78, 5) is 11.6. The van der Waals surface area contributed by atoms with E-state index in [1.807, 2.05) is 19.1 Å². The number of hydrogen-bond donors (Lipinski definition) is 1. The van der Waals surface area contributed by atoms with E-state index in [9.17, 15) is 9.18 Å². The fraction of sp³-hybridized carbons (Fsp3) is 0.188. The van der Waals surface area contributed by atoms with Crippen molar-refractivity contribution in [1.82, 2.24) is 5.32 Å². The van der Waals surface area contributed by atoms with Crippen molar-refractivity contribution in [3.8, 4) is 5.75 Å². The molecule has 2 aromatic rings. The number of fused-ring (bicyclic) bond motifs is 1. The summed E-state index contributed by atoms with van der Waals surface area (Å²) in [5.41, 5.74) is 2.27. The van der Waals surface area contributed by atoms with E-state index in [1.165, 1.54) is 12.1 Å². The molecule has 0 spiro atoms. The third-order valence-corrected chi connectivity index (χ3v) is 3.43. The number of carbonyl (C=O) groups excluding carboxylic acids is 1. The number of benzene rings is 2. The van der Waals surface area contributed by atoms with Crippen molar-refractivity contribution in [1.29, 1.82) is 0 Å². The zero-order valence-corrected chi connectivity index (χ0v) is 11.0. The summed E-state index contributed by atoms with van der Waals surface area (Å²) in [6, 6.07) is 11.7. The lowest BCUT2D eigenvalue weighted by molar-refractivity contribution is 0.0965. The fourth-order valence-electron chi connectivity index (χ4n) is 2.35. The quantitative estimate of drug-likeness (QED) is 0.931. The highest BCUT2D eigenvalue weighted by molar-refractivity contribution is 5.99. The summed E-state index contributed by atoms with van der Waals surface area (Å²) in [5, 5.41) is 2.77. The van der Waals surface area contributed by atoms with Gasteiger partial charge in [0, 0.05) is 17.7 Å². The molecular weight excluding hydrogens is 257 g/mol. The Morgan fingerprint density at radius 3 is 2.85 bits per heavy atom. The molecule has 0 aliphatic carbocycles. The van der Waals surface area contributed by atoms with Crippen molar-refractivity contribution < 1.29 is 13.9 Å². The van der Waals surface area contributed by atoms with E-state index in [0.29, 0.717) is 17.9 Å². The maximum absolute atomic E-state index is 13.2. The largest absolute Gasteiger partial charge is 0.486 e. The van der Waals surface area contributed by atoms with Gasteiger partial charge in [-0.05, 0) is 36.8 Å². The molecule has 0 fully saturated rings. The van der Waals surface area contributed by atoms with E-state index in [2.05, 4.69) is 5.32 Å². The monoisotopic (exact) mass is 271 g/mol. The van der Waals surface area contributed by atoms with Gasteiger partial charge < -0.3 is 10.1 Å². The van der Waals surface area contributed by atoms with Crippen LogP contribution in [0.25, 0.3) is 0 Å². The first-order valence-electron chi connectivity index (χ1n) is 6.47. The number of amides is 1. The third kappa shape index (κ3) is 2.25. The Morgan fingerprint density at radius 2 is 2.05 bits per heavy atom. The summed E-state index contributed by atoms with van der Waals surface area (Å²) < 4.78 is 19.1. The molecule has 3 nitrogen and oxygen atoms in total. The summed E-state index contributed by atoms with van der Waals surface area (Å²) in [5.74, 6) is 0.301. The van der Waals surface area contributed by atoms with E-state index in [0.717, 1.165) is 11.1 Å². The average Bonchev–Trinajstić information content (AvgIpc) is 2.82. The summed E-state index contributed by atoms with van der Waals surface area (Å²) >= 11 is 0. The van der Waals surface area contributed by atoms with Gasteiger partial charge in [-0.25, -0.2) is 4.39 Å². The molecule has 102 valence electrons. The summed E-state index contributed by atoms with van der Waals surface area (Å²) in [6.45, 7) is 2.33. The minimum Gasteiger partial charge on any atom is -0.486 e. The number of rotatable bonds is 3. The highest BCUT2D eigenvalue weighted by atomic mass is 19.1. The molecule has 1 aliphatic heterocycles. The average molecular weight is 271 g/mol. The van der Waals surface area contributed by atoms with Crippen LogP contribution in [-0.4, -0.2) is 5.91 Å². The Balaban J connectivity index is 1.87. The minimum atomic E-state index is -0.284. The molecule has 4 heteroatoms. The predicted octanol–water partition coefficient (Wildman–Crippen LogP) is 3.21. The smallest absolute Gasteiger partial charge is 0.252 e. The van der Waals surface area contributed by atoms with Gasteiger partial charge in [0.2, 0.25) is 0 Å². The topological polar surface area (TPSA) is 38.3 Å². The van der Waals surface area contributed by atoms with Crippen LogP contribution in [0.15, 0.2) is 42.5 Å². The number of carbonyl (C=O) groups is 1. The summed E-state index contributed by atoms with van der Waals surface area (Å²) in [6.07, 6.45) is -0.284. The predicted molar refractivity (Wildman–Crippen MR) is 73.1 cm³/mol. The third-order valence-electron chi connectivity index (χ3n) is 3.43. The van der Waals surface area contributed by atoms with Gasteiger partial charge in [0.25, 0.3) is 5.91 Å². The molecular formula is C16H14FNO2. The fourth-order valence-corrected chi connectivity index (χ4v) is 2.35. The van der Waals surface area contributed by atoms with E-state index >= 15 is 0 Å². The second-order valence-corrected chi connectivity index (χ2v) is 4.78. The van der Waals surface area contributed by atoms with E-state index in [1.54, 1.807) is 18.2 Å². The van der Waals surface area contributed by atoms with Gasteiger partial charge in [0.05, 0.1) is 0 Å². The maximum Gasteiger partial charge on any atom is 0.252 e. The van der Waals surface area contributed by atoms with Crippen molar-refractivity contribution in [3.63, 3.8) is 0 Å². The Bertz CT molecular complexity index is 669. The first-order valence-corrected chi connectivity index (χ1v) is 6.47. The van der Waals surface area contributed by atoms with E-state index in [4.69, 9.17) is 4.74 Å². The van der Waals surface area contributed by atoms with Crippen molar-refractivity contribution in [2.75, 3.05) is 0 Å². The lowest BCUT2D eigenvalue weighted by Crippen LogP contribution is -2.12. The first kappa shape index (κ1) is 12.7. The molecule has 1 aliphatic rings. The van der Waals surface area contributed by atoms with Crippen LogP contribution in [0.1, 0.15) is 34.5 Å². The molecule has 1 atom stereocenters. The zero-order chi connectivity index (χ0) is 14.1. The van der Waals surface area contributed by atoms with Crippen molar-refractivity contribution in [3.05, 3.63) is 65.0 Å². The molecule has 20 heavy (non-hydrogen) atoms. The minimum absolute atomic E-state index is 0.0798. The molecule has 1 N–H and O–H groups in total. The molecule has 0 radical (unpaired) electrons. The number of halogens is 1. The number of ether oxygens (including phenoxy) is 1. The Morgan fingerprint density at radius 1 is 1.25 bits per heavy atom. The molecule has 1 heterocycles. The van der Waals surface area contributed by atoms with Crippen LogP contribution in [0, 0.1) is 5.82 Å². The second-order valence-electron chi connectivity index (χ2n) is 4.78. The maximum atomic E-state index is 13.2. The van der Waals surface area contributed by atoms with Crippen LogP contribution in [0.5, 0.6) is 5.75 Å². The van der Waals surface area contributed by atoms with Crippen LogP contribution in [0.4, 0.5) is 4.39 Å². The van der Waals surface area contributed by atoms with Gasteiger partial charge in [-0.3, -0.25) is 4.79 Å². The van der Waals surface area contributed by atoms with Crippen LogP contribution in [-0.2, 0) is 6.54 Å². The first-order chi connectivity index (χ1) is 9.65. The van der Waals surface area contributed by atoms with Crippen LogP contribution >= 0.6 is 0 Å². The van der Waals surface area contributed by atoms with Gasteiger partial charge in [-0.15, -0.1) is 0 Å². The summed E-state index contributed by atoms with van der Waals surface area (Å²) in [7, 11) is 0. The van der Waals surface area contributed by atoms with Crippen LogP contribution in [0.3, 0.4) is 0 Å². The van der Waals surface area contributed by atoms with Gasteiger partial charge in [0.1, 0.15) is 17.7 Å². The van der Waals surface area contributed by atoms with Gasteiger partial charge >= 0.3 is 0 Å². The molecule has 1 amide bonds. The van der Waals surface area contributed by atoms with Crippen LogP contribution in [0.2, 0.25) is 0 Å². The van der Waals surface area contributed by atoms with E-state index < -0.39 is 0 Å². The molecule has 0 bridgehead atoms. The van der Waals surface area contributed by atoms with Crippen LogP contribution < -0.4 is 10.1 Å². The molecule has 0 saturated heterocycles. The SMILES string of the molecule is CC(Oc1cccc2c1CNC2=O)c1cccc(F)c1. The van der Waals surface area contributed by atoms with Crippen molar-refractivity contribution in [2.45, 2.75) is 19.6 Å². The zero-order valence-electron chi connectivity index (χ0n) is 11.0. The second kappa shape index (κ2) is 4.96. The molecule has 3 rings (SSSR count). The normalized spacial score (nSPS) is 14.6. The molecule has 0 saturated carbocycles. The van der Waals surface area contributed by atoms with Crippen molar-refractivity contribution >= 4 is 5.91 Å². The van der Waals surface area contributed by atoms with Gasteiger partial charge in [0.15, 0.2) is 0 Å². The lowest BCUT2D eigenvalue weighted by Gasteiger charge is -2.17. The number of nitrogens with one attached hydrogen (secondary N) is 1. The van der Waals surface area contributed by atoms with E-state index in [-0.39, 0.29) is 17.8 Å². The molecule has 0 aromatic heterocycles. The Kier molecular flexibility index (Phi) is 3.14. The highest BCUT2D eigenvalue weighted by Gasteiger charge is 2.23. The Labute approximate surface area is 116 Å².